The smallest absolute Gasteiger partial charge is 0.227 e. The van der Waals surface area contributed by atoms with Gasteiger partial charge in [0.25, 0.3) is 0 Å². The van der Waals surface area contributed by atoms with Crippen LogP contribution < -0.4 is 0 Å². The predicted molar refractivity (Wildman–Crippen MR) is 110 cm³/mol. The minimum absolute atomic E-state index is 0.195. The molecule has 3 heterocycles. The monoisotopic (exact) mass is 390 g/mol. The van der Waals surface area contributed by atoms with Crippen LogP contribution in [0.5, 0.6) is 0 Å². The molecular formula is C23H26N4O2. The van der Waals surface area contributed by atoms with E-state index in [9.17, 15) is 4.79 Å². The maximum absolute atomic E-state index is 12.8. The lowest BCUT2D eigenvalue weighted by molar-refractivity contribution is -0.132. The summed E-state index contributed by atoms with van der Waals surface area (Å²) in [5.41, 5.74) is 4.50. The zero-order valence-corrected chi connectivity index (χ0v) is 17.0. The van der Waals surface area contributed by atoms with E-state index in [-0.39, 0.29) is 11.9 Å². The van der Waals surface area contributed by atoms with Crippen LogP contribution in [0.4, 0.5) is 0 Å². The van der Waals surface area contributed by atoms with E-state index in [4.69, 9.17) is 4.52 Å². The number of likely N-dealkylation sites (tertiary alicyclic amines) is 1. The molecule has 1 aliphatic heterocycles. The van der Waals surface area contributed by atoms with Crippen LogP contribution in [0, 0.1) is 13.8 Å². The standard InChI is InChI=1S/C23H26N4O2/c1-16-11-12-18(15-17(16)2)20-8-6-14-27(20)22(28)10-5-9-21-25-23(26-29-21)19-7-3-4-13-24-19/h3-4,7,11-13,15,20H,5-6,8-10,14H2,1-2H3/t20-/m1/s1. The molecule has 0 unspecified atom stereocenters. The molecule has 1 fully saturated rings. The normalized spacial score (nSPS) is 16.3. The van der Waals surface area contributed by atoms with Crippen molar-refractivity contribution in [3.8, 4) is 11.5 Å². The van der Waals surface area contributed by atoms with E-state index in [0.29, 0.717) is 36.7 Å². The summed E-state index contributed by atoms with van der Waals surface area (Å²) in [4.78, 5) is 23.5. The molecule has 0 bridgehead atoms. The maximum atomic E-state index is 12.8. The fraction of sp³-hybridized carbons (Fsp3) is 0.391. The van der Waals surface area contributed by atoms with Crippen molar-refractivity contribution in [1.29, 1.82) is 0 Å². The van der Waals surface area contributed by atoms with Gasteiger partial charge >= 0.3 is 0 Å². The van der Waals surface area contributed by atoms with Crippen LogP contribution in [0.15, 0.2) is 47.1 Å². The van der Waals surface area contributed by atoms with Crippen LogP contribution in [0.3, 0.4) is 0 Å². The number of aryl methyl sites for hydroxylation is 3. The molecule has 0 spiro atoms. The van der Waals surface area contributed by atoms with E-state index in [0.717, 1.165) is 19.4 Å². The Morgan fingerprint density at radius 2 is 2.10 bits per heavy atom. The van der Waals surface area contributed by atoms with Gasteiger partial charge in [0.2, 0.25) is 17.6 Å². The molecule has 1 atom stereocenters. The molecule has 150 valence electrons. The Bertz CT molecular complexity index is 984. The quantitative estimate of drug-likeness (QED) is 0.622. The molecular weight excluding hydrogens is 364 g/mol. The highest BCUT2D eigenvalue weighted by molar-refractivity contribution is 5.77. The van der Waals surface area contributed by atoms with Crippen molar-refractivity contribution in [2.45, 2.75) is 52.0 Å². The van der Waals surface area contributed by atoms with Gasteiger partial charge in [-0.3, -0.25) is 9.78 Å². The Balaban J connectivity index is 1.33. The third kappa shape index (κ3) is 4.36. The molecule has 29 heavy (non-hydrogen) atoms. The van der Waals surface area contributed by atoms with Crippen LogP contribution in [0.1, 0.15) is 54.3 Å². The zero-order chi connectivity index (χ0) is 20.2. The van der Waals surface area contributed by atoms with Gasteiger partial charge in [0.15, 0.2) is 0 Å². The molecule has 4 rings (SSSR count). The van der Waals surface area contributed by atoms with E-state index in [2.05, 4.69) is 47.2 Å². The summed E-state index contributed by atoms with van der Waals surface area (Å²) in [6, 6.07) is 12.3. The highest BCUT2D eigenvalue weighted by atomic mass is 16.5. The summed E-state index contributed by atoms with van der Waals surface area (Å²) in [6.07, 6.45) is 5.56. The third-order valence-corrected chi connectivity index (χ3v) is 5.63. The van der Waals surface area contributed by atoms with Gasteiger partial charge in [0, 0.05) is 25.6 Å². The summed E-state index contributed by atoms with van der Waals surface area (Å²) in [7, 11) is 0. The number of nitrogens with zero attached hydrogens (tertiary/aromatic N) is 4. The first-order valence-electron chi connectivity index (χ1n) is 10.2. The first-order chi connectivity index (χ1) is 14.1. The van der Waals surface area contributed by atoms with Crippen molar-refractivity contribution in [2.75, 3.05) is 6.54 Å². The minimum Gasteiger partial charge on any atom is -0.339 e. The number of hydrogen-bond acceptors (Lipinski definition) is 5. The molecule has 1 aromatic carbocycles. The summed E-state index contributed by atoms with van der Waals surface area (Å²) in [6.45, 7) is 5.08. The molecule has 6 nitrogen and oxygen atoms in total. The Morgan fingerprint density at radius 3 is 2.90 bits per heavy atom. The summed E-state index contributed by atoms with van der Waals surface area (Å²) in [5.74, 6) is 1.24. The van der Waals surface area contributed by atoms with Gasteiger partial charge in [0.05, 0.1) is 6.04 Å². The third-order valence-electron chi connectivity index (χ3n) is 5.63. The van der Waals surface area contributed by atoms with Crippen LogP contribution in [0.25, 0.3) is 11.5 Å². The van der Waals surface area contributed by atoms with Gasteiger partial charge in [-0.25, -0.2) is 0 Å². The molecule has 3 aromatic rings. The Labute approximate surface area is 171 Å². The SMILES string of the molecule is Cc1ccc([C@H]2CCCN2C(=O)CCCc2nc(-c3ccccn3)no2)cc1C. The lowest BCUT2D eigenvalue weighted by Crippen LogP contribution is -2.30. The van der Waals surface area contributed by atoms with Gasteiger partial charge in [-0.15, -0.1) is 0 Å². The summed E-state index contributed by atoms with van der Waals surface area (Å²) in [5, 5.41) is 3.98. The average Bonchev–Trinajstić information content (AvgIpc) is 3.40. The Kier molecular flexibility index (Phi) is 5.69. The second-order valence-corrected chi connectivity index (χ2v) is 7.67. The number of hydrogen-bond donors (Lipinski definition) is 0. The minimum atomic E-state index is 0.195. The van der Waals surface area contributed by atoms with E-state index in [1.165, 1.54) is 16.7 Å². The number of rotatable bonds is 6. The largest absolute Gasteiger partial charge is 0.339 e. The van der Waals surface area contributed by atoms with E-state index in [1.54, 1.807) is 6.20 Å². The molecule has 1 amide bonds. The lowest BCUT2D eigenvalue weighted by atomic mass is 9.99. The van der Waals surface area contributed by atoms with E-state index < -0.39 is 0 Å². The fourth-order valence-corrected chi connectivity index (χ4v) is 3.87. The molecule has 0 radical (unpaired) electrons. The highest BCUT2D eigenvalue weighted by Gasteiger charge is 2.29. The molecule has 0 N–H and O–H groups in total. The number of amides is 1. The number of pyridine rings is 1. The first-order valence-corrected chi connectivity index (χ1v) is 10.2. The first kappa shape index (κ1) is 19.3. The van der Waals surface area contributed by atoms with Crippen molar-refractivity contribution in [2.24, 2.45) is 0 Å². The van der Waals surface area contributed by atoms with Crippen LogP contribution in [-0.2, 0) is 11.2 Å². The number of aromatic nitrogens is 3. The van der Waals surface area contributed by atoms with Gasteiger partial charge in [-0.1, -0.05) is 29.4 Å². The number of benzene rings is 1. The van der Waals surface area contributed by atoms with Crippen molar-refractivity contribution in [3.63, 3.8) is 0 Å². The molecule has 0 saturated carbocycles. The second-order valence-electron chi connectivity index (χ2n) is 7.67. The van der Waals surface area contributed by atoms with E-state index >= 15 is 0 Å². The topological polar surface area (TPSA) is 72.1 Å². The van der Waals surface area contributed by atoms with Crippen molar-refractivity contribution in [1.82, 2.24) is 20.0 Å². The van der Waals surface area contributed by atoms with Crippen LogP contribution in [0.2, 0.25) is 0 Å². The summed E-state index contributed by atoms with van der Waals surface area (Å²) >= 11 is 0. The second kappa shape index (κ2) is 8.55. The van der Waals surface area contributed by atoms with Gasteiger partial charge in [0.1, 0.15) is 5.69 Å². The van der Waals surface area contributed by atoms with E-state index in [1.807, 2.05) is 23.1 Å². The lowest BCUT2D eigenvalue weighted by Gasteiger charge is -2.25. The summed E-state index contributed by atoms with van der Waals surface area (Å²) < 4.78 is 5.32. The Hall–Kier alpha value is -3.02. The fourth-order valence-electron chi connectivity index (χ4n) is 3.87. The zero-order valence-electron chi connectivity index (χ0n) is 17.0. The van der Waals surface area contributed by atoms with Crippen LogP contribution >= 0.6 is 0 Å². The van der Waals surface area contributed by atoms with Crippen molar-refractivity contribution < 1.29 is 9.32 Å². The molecule has 1 aliphatic rings. The van der Waals surface area contributed by atoms with Gasteiger partial charge < -0.3 is 9.42 Å². The molecule has 1 saturated heterocycles. The van der Waals surface area contributed by atoms with Crippen molar-refractivity contribution in [3.05, 3.63) is 65.2 Å². The number of carbonyl (C=O) groups is 1. The predicted octanol–water partition coefficient (Wildman–Crippen LogP) is 4.43. The molecule has 6 heteroatoms. The van der Waals surface area contributed by atoms with Gasteiger partial charge in [-0.05, 0) is 61.9 Å². The molecule has 0 aliphatic carbocycles. The average molecular weight is 390 g/mol. The highest BCUT2D eigenvalue weighted by Crippen LogP contribution is 2.33. The Morgan fingerprint density at radius 1 is 1.21 bits per heavy atom. The van der Waals surface area contributed by atoms with Crippen molar-refractivity contribution >= 4 is 5.91 Å². The van der Waals surface area contributed by atoms with Gasteiger partial charge in [-0.2, -0.15) is 4.98 Å². The van der Waals surface area contributed by atoms with Crippen LogP contribution in [-0.4, -0.2) is 32.5 Å². The number of carbonyl (C=O) groups excluding carboxylic acids is 1. The molecule has 2 aromatic heterocycles. The maximum Gasteiger partial charge on any atom is 0.227 e.